The summed E-state index contributed by atoms with van der Waals surface area (Å²) >= 11 is 0. The number of ether oxygens (including phenoxy) is 4. The van der Waals surface area contributed by atoms with E-state index in [2.05, 4.69) is 26.8 Å². The molecule has 38 heavy (non-hydrogen) atoms. The van der Waals surface area contributed by atoms with Crippen molar-refractivity contribution in [1.82, 2.24) is 0 Å². The van der Waals surface area contributed by atoms with E-state index in [0.717, 1.165) is 25.7 Å². The van der Waals surface area contributed by atoms with Crippen molar-refractivity contribution < 1.29 is 54.7 Å². The van der Waals surface area contributed by atoms with Gasteiger partial charge in [0.15, 0.2) is 12.6 Å². The zero-order chi connectivity index (χ0) is 27.9. The Balaban J connectivity index is 1.45. The molecule has 11 heteroatoms. The van der Waals surface area contributed by atoms with E-state index >= 15 is 0 Å². The Morgan fingerprint density at radius 2 is 1.53 bits per heavy atom. The number of hydrogen-bond acceptors (Lipinski definition) is 11. The lowest BCUT2D eigenvalue weighted by molar-refractivity contribution is -0.351. The molecule has 2 saturated heterocycles. The molecule has 0 radical (unpaired) electrons. The van der Waals surface area contributed by atoms with Crippen LogP contribution in [0, 0.1) is 23.7 Å². The fourth-order valence-electron chi connectivity index (χ4n) is 6.86. The molecular formula is C27H46O11. The molecule has 2 unspecified atom stereocenters. The summed E-state index contributed by atoms with van der Waals surface area (Å²) in [6.07, 6.45) is -8.42. The lowest BCUT2D eigenvalue weighted by Crippen LogP contribution is -2.63. The van der Waals surface area contributed by atoms with Gasteiger partial charge in [0.25, 0.3) is 0 Å². The molecule has 0 aromatic heterocycles. The van der Waals surface area contributed by atoms with E-state index in [1.54, 1.807) is 0 Å². The Morgan fingerprint density at radius 3 is 2.16 bits per heavy atom. The highest BCUT2D eigenvalue weighted by Crippen LogP contribution is 2.52. The SMILES string of the molecule is CC1=CC[C@@H]2C(C(C)C)CCC(C)(O[C@H]3O[C@@H](CO[C@H]4O[C@@H](CO)[C@H](O)[C@@H](O)[C@@H]4O)[C@H](O)[C@@H](O)[C@@H]3O)[C@H]2C1. The molecule has 0 aromatic carbocycles. The maximum atomic E-state index is 10.8. The largest absolute Gasteiger partial charge is 0.394 e. The summed E-state index contributed by atoms with van der Waals surface area (Å²) in [5.41, 5.74) is 0.680. The zero-order valence-corrected chi connectivity index (χ0v) is 22.7. The molecule has 0 bridgehead atoms. The van der Waals surface area contributed by atoms with Crippen LogP contribution in [-0.2, 0) is 18.9 Å². The van der Waals surface area contributed by atoms with Crippen molar-refractivity contribution in [3.63, 3.8) is 0 Å². The van der Waals surface area contributed by atoms with E-state index in [4.69, 9.17) is 18.9 Å². The molecule has 11 nitrogen and oxygen atoms in total. The maximum absolute atomic E-state index is 10.8. The van der Waals surface area contributed by atoms with Crippen molar-refractivity contribution >= 4 is 0 Å². The van der Waals surface area contributed by atoms with Crippen molar-refractivity contribution in [2.45, 2.75) is 120 Å². The lowest BCUT2D eigenvalue weighted by Gasteiger charge is -2.54. The second-order valence-corrected chi connectivity index (χ2v) is 12.2. The first kappa shape index (κ1) is 30.3. The Morgan fingerprint density at radius 1 is 0.921 bits per heavy atom. The highest BCUT2D eigenvalue weighted by atomic mass is 16.7. The van der Waals surface area contributed by atoms with Gasteiger partial charge in [-0.2, -0.15) is 0 Å². The van der Waals surface area contributed by atoms with Gasteiger partial charge in [0.05, 0.1) is 18.8 Å². The van der Waals surface area contributed by atoms with Crippen LogP contribution in [0.2, 0.25) is 0 Å². The third kappa shape index (κ3) is 5.84. The number of hydrogen-bond donors (Lipinski definition) is 7. The van der Waals surface area contributed by atoms with Gasteiger partial charge in [-0.15, -0.1) is 0 Å². The molecule has 7 N–H and O–H groups in total. The van der Waals surface area contributed by atoms with Crippen LogP contribution in [-0.4, -0.2) is 116 Å². The van der Waals surface area contributed by atoms with E-state index < -0.39 is 73.6 Å². The highest BCUT2D eigenvalue weighted by molar-refractivity contribution is 5.12. The van der Waals surface area contributed by atoms with E-state index in [9.17, 15) is 35.7 Å². The summed E-state index contributed by atoms with van der Waals surface area (Å²) in [6.45, 7) is 7.67. The van der Waals surface area contributed by atoms with Crippen molar-refractivity contribution in [2.24, 2.45) is 23.7 Å². The van der Waals surface area contributed by atoms with Gasteiger partial charge in [-0.3, -0.25) is 0 Å². The molecule has 4 rings (SSSR count). The Kier molecular flexibility index (Phi) is 9.59. The van der Waals surface area contributed by atoms with Gasteiger partial charge < -0.3 is 54.7 Å². The van der Waals surface area contributed by atoms with Crippen LogP contribution in [0.4, 0.5) is 0 Å². The molecule has 1 saturated carbocycles. The molecule has 220 valence electrons. The third-order valence-corrected chi connectivity index (χ3v) is 9.29. The Hall–Kier alpha value is -0.700. The van der Waals surface area contributed by atoms with Gasteiger partial charge in [0.1, 0.15) is 48.8 Å². The van der Waals surface area contributed by atoms with Crippen molar-refractivity contribution in [2.75, 3.05) is 13.2 Å². The number of allylic oxidation sites excluding steroid dienone is 2. The predicted octanol–water partition coefficient (Wildman–Crippen LogP) is -0.576. The number of fused-ring (bicyclic) bond motifs is 1. The number of aliphatic hydroxyl groups is 7. The zero-order valence-electron chi connectivity index (χ0n) is 22.7. The average molecular weight is 547 g/mol. The predicted molar refractivity (Wildman–Crippen MR) is 133 cm³/mol. The quantitative estimate of drug-likeness (QED) is 0.203. The Labute approximate surface area is 224 Å². The standard InChI is InChI=1S/C27H46O11/c1-12(2)14-7-8-27(4,16-9-13(3)5-6-15(14)16)38-26-24(34)22(32)20(30)18(37-26)11-35-25-23(33)21(31)19(29)17(10-28)36-25/h5,12,14-26,28-34H,6-11H2,1-4H3/t14?,15-,16+,17+,18+,19+,20+,21-,22-,23+,24+,25+,26-,27?/m1/s1. The van der Waals surface area contributed by atoms with E-state index in [-0.39, 0.29) is 12.5 Å². The summed E-state index contributed by atoms with van der Waals surface area (Å²) in [5.74, 6) is 1.73. The topological polar surface area (TPSA) is 179 Å². The molecule has 14 atom stereocenters. The van der Waals surface area contributed by atoms with Gasteiger partial charge >= 0.3 is 0 Å². The first-order valence-electron chi connectivity index (χ1n) is 13.8. The Bertz CT molecular complexity index is 821. The van der Waals surface area contributed by atoms with Gasteiger partial charge in [-0.05, 0) is 63.2 Å². The summed E-state index contributed by atoms with van der Waals surface area (Å²) in [7, 11) is 0. The minimum absolute atomic E-state index is 0.206. The van der Waals surface area contributed by atoms with Crippen molar-refractivity contribution in [1.29, 1.82) is 0 Å². The van der Waals surface area contributed by atoms with Crippen LogP contribution in [0.25, 0.3) is 0 Å². The smallest absolute Gasteiger partial charge is 0.187 e. The van der Waals surface area contributed by atoms with Crippen LogP contribution < -0.4 is 0 Å². The average Bonchev–Trinajstić information content (AvgIpc) is 2.88. The minimum atomic E-state index is -1.62. The molecule has 2 heterocycles. The number of rotatable bonds is 7. The second kappa shape index (κ2) is 12.0. The van der Waals surface area contributed by atoms with E-state index in [0.29, 0.717) is 17.8 Å². The minimum Gasteiger partial charge on any atom is -0.394 e. The number of aliphatic hydroxyl groups excluding tert-OH is 7. The summed E-state index contributed by atoms with van der Waals surface area (Å²) in [6, 6.07) is 0. The van der Waals surface area contributed by atoms with Crippen LogP contribution in [0.15, 0.2) is 11.6 Å². The molecule has 3 fully saturated rings. The van der Waals surface area contributed by atoms with E-state index in [1.165, 1.54) is 5.57 Å². The van der Waals surface area contributed by atoms with Crippen molar-refractivity contribution in [3.05, 3.63) is 11.6 Å². The van der Waals surface area contributed by atoms with Crippen LogP contribution in [0.5, 0.6) is 0 Å². The molecular weight excluding hydrogens is 500 g/mol. The maximum Gasteiger partial charge on any atom is 0.187 e. The molecule has 0 aromatic rings. The van der Waals surface area contributed by atoms with Gasteiger partial charge in [-0.1, -0.05) is 25.5 Å². The first-order valence-corrected chi connectivity index (χ1v) is 13.8. The third-order valence-electron chi connectivity index (χ3n) is 9.29. The van der Waals surface area contributed by atoms with Gasteiger partial charge in [0.2, 0.25) is 0 Å². The first-order chi connectivity index (χ1) is 17.9. The summed E-state index contributed by atoms with van der Waals surface area (Å²) < 4.78 is 23.3. The molecule has 2 aliphatic carbocycles. The second-order valence-electron chi connectivity index (χ2n) is 12.2. The normalized spacial score (nSPS) is 50.0. The molecule has 4 aliphatic rings. The summed E-state index contributed by atoms with van der Waals surface area (Å²) in [4.78, 5) is 0. The highest BCUT2D eigenvalue weighted by Gasteiger charge is 2.53. The molecule has 0 spiro atoms. The van der Waals surface area contributed by atoms with Crippen LogP contribution in [0.3, 0.4) is 0 Å². The van der Waals surface area contributed by atoms with Crippen LogP contribution >= 0.6 is 0 Å². The van der Waals surface area contributed by atoms with Crippen LogP contribution in [0.1, 0.15) is 53.4 Å². The molecule has 0 amide bonds. The monoisotopic (exact) mass is 546 g/mol. The fraction of sp³-hybridized carbons (Fsp3) is 0.926. The van der Waals surface area contributed by atoms with Gasteiger partial charge in [0, 0.05) is 0 Å². The van der Waals surface area contributed by atoms with Crippen molar-refractivity contribution in [3.8, 4) is 0 Å². The lowest BCUT2D eigenvalue weighted by atomic mass is 9.57. The molecule has 2 aliphatic heterocycles. The van der Waals surface area contributed by atoms with E-state index in [1.807, 2.05) is 6.92 Å². The fourth-order valence-corrected chi connectivity index (χ4v) is 6.86. The summed E-state index contributed by atoms with van der Waals surface area (Å²) in [5, 5.41) is 71.6. The van der Waals surface area contributed by atoms with Gasteiger partial charge in [-0.25, -0.2) is 0 Å².